The fourth-order valence-electron chi connectivity index (χ4n) is 2.28. The van der Waals surface area contributed by atoms with Gasteiger partial charge in [0.05, 0.1) is 0 Å². The maximum atomic E-state index is 5.78. The van der Waals surface area contributed by atoms with E-state index >= 15 is 0 Å². The van der Waals surface area contributed by atoms with Gasteiger partial charge < -0.3 is 16.0 Å². The number of nitrogen functional groups attached to an aromatic ring is 1. The number of anilines is 3. The Balaban J connectivity index is 1.99. The largest absolute Gasteiger partial charge is 0.368 e. The highest BCUT2D eigenvalue weighted by Crippen LogP contribution is 2.25. The molecule has 0 amide bonds. The summed E-state index contributed by atoms with van der Waals surface area (Å²) in [6, 6.07) is 0. The molecule has 1 unspecified atom stereocenters. The zero-order valence-corrected chi connectivity index (χ0v) is 13.1. The Labute approximate surface area is 125 Å². The van der Waals surface area contributed by atoms with Crippen molar-refractivity contribution in [1.29, 1.82) is 0 Å². The Morgan fingerprint density at radius 3 is 2.70 bits per heavy atom. The molecule has 0 aliphatic carbocycles. The van der Waals surface area contributed by atoms with Crippen LogP contribution in [0.15, 0.2) is 0 Å². The topological polar surface area (TPSA) is 80.0 Å². The molecule has 1 aliphatic heterocycles. The SMILES string of the molecule is CCN(CC)c1nc(N)nc(NCC2CCCCS2)n1. The highest BCUT2D eigenvalue weighted by Gasteiger charge is 2.15. The minimum absolute atomic E-state index is 0.278. The van der Waals surface area contributed by atoms with Crippen LogP contribution in [-0.4, -0.2) is 45.6 Å². The van der Waals surface area contributed by atoms with Crippen LogP contribution < -0.4 is 16.0 Å². The van der Waals surface area contributed by atoms with Gasteiger partial charge in [0.15, 0.2) is 0 Å². The first kappa shape index (κ1) is 15.2. The molecule has 0 radical (unpaired) electrons. The third-order valence-electron chi connectivity index (χ3n) is 3.45. The van der Waals surface area contributed by atoms with Crippen LogP contribution in [0, 0.1) is 0 Å². The predicted molar refractivity (Wildman–Crippen MR) is 86.4 cm³/mol. The molecule has 1 atom stereocenters. The van der Waals surface area contributed by atoms with Crippen molar-refractivity contribution in [3.63, 3.8) is 0 Å². The Kier molecular flexibility index (Phi) is 5.70. The first-order valence-corrected chi connectivity index (χ1v) is 8.39. The Morgan fingerprint density at radius 1 is 1.25 bits per heavy atom. The normalized spacial score (nSPS) is 18.8. The maximum absolute atomic E-state index is 5.78. The van der Waals surface area contributed by atoms with E-state index in [1.54, 1.807) is 0 Å². The van der Waals surface area contributed by atoms with E-state index in [-0.39, 0.29) is 5.95 Å². The highest BCUT2D eigenvalue weighted by atomic mass is 32.2. The Morgan fingerprint density at radius 2 is 2.05 bits per heavy atom. The van der Waals surface area contributed by atoms with E-state index in [0.29, 0.717) is 17.1 Å². The molecule has 2 heterocycles. The van der Waals surface area contributed by atoms with Crippen molar-refractivity contribution in [3.05, 3.63) is 0 Å². The summed E-state index contributed by atoms with van der Waals surface area (Å²) in [5.41, 5.74) is 5.78. The molecular weight excluding hydrogens is 272 g/mol. The van der Waals surface area contributed by atoms with Crippen molar-refractivity contribution in [2.24, 2.45) is 0 Å². The van der Waals surface area contributed by atoms with Gasteiger partial charge in [-0.05, 0) is 32.4 Å². The minimum atomic E-state index is 0.278. The molecule has 3 N–H and O–H groups in total. The van der Waals surface area contributed by atoms with Crippen molar-refractivity contribution in [3.8, 4) is 0 Å². The number of rotatable bonds is 6. The molecule has 1 aliphatic rings. The van der Waals surface area contributed by atoms with Crippen LogP contribution in [0.1, 0.15) is 33.1 Å². The fourth-order valence-corrected chi connectivity index (χ4v) is 3.52. The summed E-state index contributed by atoms with van der Waals surface area (Å²) in [6.07, 6.45) is 3.93. The molecule has 2 rings (SSSR count). The van der Waals surface area contributed by atoms with E-state index in [9.17, 15) is 0 Å². The zero-order valence-electron chi connectivity index (χ0n) is 12.3. The van der Waals surface area contributed by atoms with Crippen LogP contribution in [0.5, 0.6) is 0 Å². The van der Waals surface area contributed by atoms with Gasteiger partial charge in [-0.25, -0.2) is 0 Å². The van der Waals surface area contributed by atoms with Gasteiger partial charge >= 0.3 is 0 Å². The van der Waals surface area contributed by atoms with Crippen molar-refractivity contribution < 1.29 is 0 Å². The summed E-state index contributed by atoms with van der Waals surface area (Å²) in [7, 11) is 0. The zero-order chi connectivity index (χ0) is 14.4. The first-order valence-electron chi connectivity index (χ1n) is 7.35. The number of nitrogens with one attached hydrogen (secondary N) is 1. The molecule has 6 nitrogen and oxygen atoms in total. The van der Waals surface area contributed by atoms with E-state index < -0.39 is 0 Å². The third-order valence-corrected chi connectivity index (χ3v) is 4.85. The van der Waals surface area contributed by atoms with Crippen LogP contribution in [-0.2, 0) is 0 Å². The van der Waals surface area contributed by atoms with Gasteiger partial charge in [0.2, 0.25) is 17.8 Å². The predicted octanol–water partition coefficient (Wildman–Crippen LogP) is 2.00. The second-order valence-electron chi connectivity index (χ2n) is 4.86. The van der Waals surface area contributed by atoms with Gasteiger partial charge in [-0.15, -0.1) is 0 Å². The molecule has 7 heteroatoms. The average molecular weight is 296 g/mol. The molecule has 112 valence electrons. The number of nitrogens with two attached hydrogens (primary N) is 1. The van der Waals surface area contributed by atoms with Crippen LogP contribution in [0.4, 0.5) is 17.8 Å². The van der Waals surface area contributed by atoms with Gasteiger partial charge in [0, 0.05) is 24.9 Å². The summed E-state index contributed by atoms with van der Waals surface area (Å²) in [5, 5.41) is 3.96. The summed E-state index contributed by atoms with van der Waals surface area (Å²) in [4.78, 5) is 14.9. The van der Waals surface area contributed by atoms with Gasteiger partial charge in [-0.2, -0.15) is 26.7 Å². The van der Waals surface area contributed by atoms with E-state index in [1.165, 1.54) is 25.0 Å². The van der Waals surface area contributed by atoms with Gasteiger partial charge in [-0.1, -0.05) is 6.42 Å². The smallest absolute Gasteiger partial charge is 0.231 e. The monoisotopic (exact) mass is 296 g/mol. The molecular formula is C13H24N6S. The molecule has 1 aromatic rings. The number of aromatic nitrogens is 3. The van der Waals surface area contributed by atoms with E-state index in [2.05, 4.69) is 39.0 Å². The lowest BCUT2D eigenvalue weighted by molar-refractivity contribution is 0.675. The second kappa shape index (κ2) is 7.52. The molecule has 1 fully saturated rings. The second-order valence-corrected chi connectivity index (χ2v) is 6.27. The Bertz CT molecular complexity index is 417. The molecule has 20 heavy (non-hydrogen) atoms. The van der Waals surface area contributed by atoms with Crippen LogP contribution in [0.25, 0.3) is 0 Å². The van der Waals surface area contributed by atoms with Crippen molar-refractivity contribution in [2.45, 2.75) is 38.4 Å². The lowest BCUT2D eigenvalue weighted by Gasteiger charge is -2.22. The van der Waals surface area contributed by atoms with E-state index in [4.69, 9.17) is 5.73 Å². The third kappa shape index (κ3) is 4.13. The molecule has 0 spiro atoms. The quantitative estimate of drug-likeness (QED) is 0.831. The van der Waals surface area contributed by atoms with Crippen LogP contribution in [0.2, 0.25) is 0 Å². The van der Waals surface area contributed by atoms with Crippen molar-refractivity contribution in [1.82, 2.24) is 15.0 Å². The molecule has 0 saturated carbocycles. The fraction of sp³-hybridized carbons (Fsp3) is 0.769. The summed E-state index contributed by atoms with van der Waals surface area (Å²) in [5.74, 6) is 2.78. The molecule has 0 aromatic carbocycles. The lowest BCUT2D eigenvalue weighted by Crippen LogP contribution is -2.26. The van der Waals surface area contributed by atoms with Gasteiger partial charge in [0.25, 0.3) is 0 Å². The summed E-state index contributed by atoms with van der Waals surface area (Å²) < 4.78 is 0. The van der Waals surface area contributed by atoms with Gasteiger partial charge in [0.1, 0.15) is 0 Å². The average Bonchev–Trinajstić information content (AvgIpc) is 2.47. The van der Waals surface area contributed by atoms with Crippen LogP contribution >= 0.6 is 11.8 Å². The minimum Gasteiger partial charge on any atom is -0.368 e. The number of hydrogen-bond acceptors (Lipinski definition) is 7. The highest BCUT2D eigenvalue weighted by molar-refractivity contribution is 7.99. The molecule has 1 aromatic heterocycles. The van der Waals surface area contributed by atoms with Crippen molar-refractivity contribution >= 4 is 29.6 Å². The number of hydrogen-bond donors (Lipinski definition) is 2. The number of thioether (sulfide) groups is 1. The lowest BCUT2D eigenvalue weighted by atomic mass is 10.2. The molecule has 0 bridgehead atoms. The van der Waals surface area contributed by atoms with E-state index in [0.717, 1.165) is 19.6 Å². The Hall–Kier alpha value is -1.24. The molecule has 1 saturated heterocycles. The summed E-state index contributed by atoms with van der Waals surface area (Å²) >= 11 is 2.03. The number of nitrogens with zero attached hydrogens (tertiary/aromatic N) is 4. The van der Waals surface area contributed by atoms with Crippen molar-refractivity contribution in [2.75, 3.05) is 41.3 Å². The van der Waals surface area contributed by atoms with Crippen LogP contribution in [0.3, 0.4) is 0 Å². The van der Waals surface area contributed by atoms with Gasteiger partial charge in [-0.3, -0.25) is 0 Å². The summed E-state index contributed by atoms with van der Waals surface area (Å²) in [6.45, 7) is 6.77. The first-order chi connectivity index (χ1) is 9.72. The maximum Gasteiger partial charge on any atom is 0.231 e. The standard InChI is InChI=1S/C13H24N6S/c1-3-19(4-2)13-17-11(14)16-12(18-13)15-9-10-7-5-6-8-20-10/h10H,3-9H2,1-2H3,(H3,14,15,16,17,18). The van der Waals surface area contributed by atoms with E-state index in [1.807, 2.05) is 11.8 Å².